The van der Waals surface area contributed by atoms with Crippen LogP contribution in [-0.2, 0) is 6.54 Å². The molecule has 2 N–H and O–H groups in total. The van der Waals surface area contributed by atoms with Crippen molar-refractivity contribution in [3.63, 3.8) is 0 Å². The van der Waals surface area contributed by atoms with Gasteiger partial charge in [0.2, 0.25) is 0 Å². The molecule has 0 atom stereocenters. The summed E-state index contributed by atoms with van der Waals surface area (Å²) >= 11 is 0. The maximum Gasteiger partial charge on any atom is 0.266 e. The molecule has 0 fully saturated rings. The minimum Gasteiger partial charge on any atom is -0.382 e. The standard InChI is InChI=1S/C22H19N7O/c1-13-6-3-4-9-16(13)29-17(27-15-8-5-7-14(2)18(15)22(29)30)10-28-12-26-21-19(28)20(23)24-11-25-21/h3-9,11-12H,10H2,1-2H3,(H2,23,24,25). The van der Waals surface area contributed by atoms with Crippen LogP contribution in [0.2, 0.25) is 0 Å². The number of nitrogens with zero attached hydrogens (tertiary/aromatic N) is 6. The van der Waals surface area contributed by atoms with Gasteiger partial charge < -0.3 is 10.3 Å². The zero-order valence-corrected chi connectivity index (χ0v) is 16.6. The van der Waals surface area contributed by atoms with Gasteiger partial charge in [0, 0.05) is 0 Å². The van der Waals surface area contributed by atoms with E-state index in [1.165, 1.54) is 6.33 Å². The molecule has 148 valence electrons. The number of imidazole rings is 1. The topological polar surface area (TPSA) is 105 Å². The Morgan fingerprint density at radius 1 is 0.967 bits per heavy atom. The van der Waals surface area contributed by atoms with E-state index in [1.807, 2.05) is 60.9 Å². The SMILES string of the molecule is Cc1ccccc1-n1c(Cn2cnc3ncnc(N)c32)nc2cccc(C)c2c1=O. The average molecular weight is 397 g/mol. The number of aryl methyl sites for hydroxylation is 2. The van der Waals surface area contributed by atoms with Crippen LogP contribution in [0.1, 0.15) is 17.0 Å². The molecule has 3 aromatic heterocycles. The Labute approximate surface area is 171 Å². The average Bonchev–Trinajstić information content (AvgIpc) is 3.13. The Kier molecular flexibility index (Phi) is 4.06. The summed E-state index contributed by atoms with van der Waals surface area (Å²) < 4.78 is 3.50. The molecule has 0 amide bonds. The fourth-order valence-corrected chi connectivity index (χ4v) is 3.82. The first-order valence-corrected chi connectivity index (χ1v) is 9.53. The van der Waals surface area contributed by atoms with Gasteiger partial charge in [0.05, 0.1) is 29.5 Å². The summed E-state index contributed by atoms with van der Waals surface area (Å²) in [6.45, 7) is 4.20. The van der Waals surface area contributed by atoms with Crippen molar-refractivity contribution in [2.24, 2.45) is 0 Å². The number of anilines is 1. The third-order valence-corrected chi connectivity index (χ3v) is 5.28. The van der Waals surface area contributed by atoms with Crippen molar-refractivity contribution in [3.8, 4) is 5.69 Å². The number of benzene rings is 2. The van der Waals surface area contributed by atoms with Gasteiger partial charge in [-0.2, -0.15) is 0 Å². The van der Waals surface area contributed by atoms with Crippen LogP contribution in [0.4, 0.5) is 5.82 Å². The zero-order chi connectivity index (χ0) is 20.8. The fourth-order valence-electron chi connectivity index (χ4n) is 3.82. The minimum atomic E-state index is -0.101. The predicted molar refractivity (Wildman–Crippen MR) is 116 cm³/mol. The number of hydrogen-bond donors (Lipinski definition) is 1. The first-order chi connectivity index (χ1) is 14.5. The van der Waals surface area contributed by atoms with Crippen LogP contribution in [0, 0.1) is 13.8 Å². The Balaban J connectivity index is 1.82. The van der Waals surface area contributed by atoms with Crippen LogP contribution >= 0.6 is 0 Å². The van der Waals surface area contributed by atoms with E-state index in [1.54, 1.807) is 10.9 Å². The fraction of sp³-hybridized carbons (Fsp3) is 0.136. The number of fused-ring (bicyclic) bond motifs is 2. The molecule has 8 nitrogen and oxygen atoms in total. The molecule has 0 bridgehead atoms. The van der Waals surface area contributed by atoms with Crippen LogP contribution in [-0.4, -0.2) is 29.1 Å². The van der Waals surface area contributed by atoms with Crippen LogP contribution in [0.25, 0.3) is 27.8 Å². The van der Waals surface area contributed by atoms with E-state index in [2.05, 4.69) is 15.0 Å². The molecule has 0 saturated carbocycles. The largest absolute Gasteiger partial charge is 0.382 e. The van der Waals surface area contributed by atoms with E-state index in [0.717, 1.165) is 16.8 Å². The molecule has 0 saturated heterocycles. The highest BCUT2D eigenvalue weighted by Crippen LogP contribution is 2.21. The molecule has 0 aliphatic rings. The van der Waals surface area contributed by atoms with Crippen molar-refractivity contribution >= 4 is 27.9 Å². The number of para-hydroxylation sites is 1. The van der Waals surface area contributed by atoms with Crippen molar-refractivity contribution in [1.29, 1.82) is 0 Å². The van der Waals surface area contributed by atoms with Crippen LogP contribution in [0.5, 0.6) is 0 Å². The molecule has 0 spiro atoms. The Bertz CT molecular complexity index is 1480. The van der Waals surface area contributed by atoms with Gasteiger partial charge in [0.15, 0.2) is 11.5 Å². The van der Waals surface area contributed by atoms with Gasteiger partial charge in [-0.1, -0.05) is 30.3 Å². The predicted octanol–water partition coefficient (Wildman–Crippen LogP) is 2.77. The number of aromatic nitrogens is 6. The Hall–Kier alpha value is -4.07. The number of nitrogen functional groups attached to an aromatic ring is 1. The first kappa shape index (κ1) is 18.0. The molecule has 0 aliphatic carbocycles. The molecule has 2 aromatic carbocycles. The highest BCUT2D eigenvalue weighted by atomic mass is 16.1. The quantitative estimate of drug-likeness (QED) is 0.502. The number of nitrogens with two attached hydrogens (primary N) is 1. The number of rotatable bonds is 3. The normalized spacial score (nSPS) is 11.4. The molecule has 5 aromatic rings. The second-order valence-electron chi connectivity index (χ2n) is 7.23. The van der Waals surface area contributed by atoms with E-state index >= 15 is 0 Å². The van der Waals surface area contributed by atoms with E-state index in [9.17, 15) is 4.79 Å². The van der Waals surface area contributed by atoms with E-state index in [4.69, 9.17) is 10.7 Å². The van der Waals surface area contributed by atoms with Crippen LogP contribution < -0.4 is 11.3 Å². The summed E-state index contributed by atoms with van der Waals surface area (Å²) in [7, 11) is 0. The number of hydrogen-bond acceptors (Lipinski definition) is 6. The third kappa shape index (κ3) is 2.73. The van der Waals surface area contributed by atoms with Gasteiger partial charge in [0.25, 0.3) is 5.56 Å². The molecule has 0 unspecified atom stereocenters. The van der Waals surface area contributed by atoms with Crippen molar-refractivity contribution in [2.75, 3.05) is 5.73 Å². The van der Waals surface area contributed by atoms with Crippen molar-refractivity contribution in [1.82, 2.24) is 29.1 Å². The summed E-state index contributed by atoms with van der Waals surface area (Å²) in [6, 6.07) is 13.5. The summed E-state index contributed by atoms with van der Waals surface area (Å²) in [5.41, 5.74) is 10.4. The van der Waals surface area contributed by atoms with Crippen molar-refractivity contribution < 1.29 is 0 Å². The Morgan fingerprint density at radius 2 is 1.77 bits per heavy atom. The maximum absolute atomic E-state index is 13.6. The summed E-state index contributed by atoms with van der Waals surface area (Å²) in [5.74, 6) is 0.911. The zero-order valence-electron chi connectivity index (χ0n) is 16.6. The van der Waals surface area contributed by atoms with Gasteiger partial charge in [-0.25, -0.2) is 19.9 Å². The first-order valence-electron chi connectivity index (χ1n) is 9.53. The lowest BCUT2D eigenvalue weighted by molar-refractivity contribution is 0.721. The monoisotopic (exact) mass is 397 g/mol. The highest BCUT2D eigenvalue weighted by molar-refractivity contribution is 5.82. The van der Waals surface area contributed by atoms with Gasteiger partial charge >= 0.3 is 0 Å². The van der Waals surface area contributed by atoms with Gasteiger partial charge in [-0.15, -0.1) is 0 Å². The minimum absolute atomic E-state index is 0.101. The lowest BCUT2D eigenvalue weighted by Gasteiger charge is -2.17. The molecular formula is C22H19N7O. The Morgan fingerprint density at radius 3 is 2.60 bits per heavy atom. The highest BCUT2D eigenvalue weighted by Gasteiger charge is 2.17. The lowest BCUT2D eigenvalue weighted by Crippen LogP contribution is -2.26. The lowest BCUT2D eigenvalue weighted by atomic mass is 10.1. The third-order valence-electron chi connectivity index (χ3n) is 5.28. The van der Waals surface area contributed by atoms with Gasteiger partial charge in [-0.05, 0) is 37.1 Å². The summed E-state index contributed by atoms with van der Waals surface area (Å²) in [4.78, 5) is 31.0. The van der Waals surface area contributed by atoms with Gasteiger partial charge in [0.1, 0.15) is 17.7 Å². The smallest absolute Gasteiger partial charge is 0.266 e. The van der Waals surface area contributed by atoms with Crippen molar-refractivity contribution in [3.05, 3.63) is 82.4 Å². The molecule has 30 heavy (non-hydrogen) atoms. The maximum atomic E-state index is 13.6. The molecule has 3 heterocycles. The van der Waals surface area contributed by atoms with Crippen molar-refractivity contribution in [2.45, 2.75) is 20.4 Å². The second kappa shape index (κ2) is 6.77. The molecule has 0 aliphatic heterocycles. The van der Waals surface area contributed by atoms with E-state index in [0.29, 0.717) is 40.3 Å². The second-order valence-corrected chi connectivity index (χ2v) is 7.23. The molecule has 0 radical (unpaired) electrons. The summed E-state index contributed by atoms with van der Waals surface area (Å²) in [6.07, 6.45) is 3.03. The van der Waals surface area contributed by atoms with Crippen LogP contribution in [0.15, 0.2) is 59.9 Å². The summed E-state index contributed by atoms with van der Waals surface area (Å²) in [5, 5.41) is 0.614. The van der Waals surface area contributed by atoms with Gasteiger partial charge in [-0.3, -0.25) is 9.36 Å². The molecule has 8 heteroatoms. The van der Waals surface area contributed by atoms with E-state index in [-0.39, 0.29) is 5.56 Å². The van der Waals surface area contributed by atoms with E-state index < -0.39 is 0 Å². The van der Waals surface area contributed by atoms with Crippen LogP contribution in [0.3, 0.4) is 0 Å². The molecule has 5 rings (SSSR count). The molecular weight excluding hydrogens is 378 g/mol.